The maximum absolute atomic E-state index is 12.7. The number of nitrogens with zero attached hydrogens (tertiary/aromatic N) is 4. The molecule has 1 aromatic carbocycles. The first-order chi connectivity index (χ1) is 12.7. The number of rotatable bonds is 3. The molecule has 1 aromatic heterocycles. The summed E-state index contributed by atoms with van der Waals surface area (Å²) in [5.41, 5.74) is 0.593. The van der Waals surface area contributed by atoms with Gasteiger partial charge in [-0.3, -0.25) is 4.90 Å². The molecule has 3 rings (SSSR count). The molecular formula is C20H27ClN4O2. The van der Waals surface area contributed by atoms with Gasteiger partial charge >= 0.3 is 6.09 Å². The van der Waals surface area contributed by atoms with Crippen molar-refractivity contribution < 1.29 is 9.53 Å². The Kier molecular flexibility index (Phi) is 5.47. The molecule has 0 bridgehead atoms. The predicted molar refractivity (Wildman–Crippen MR) is 105 cm³/mol. The summed E-state index contributed by atoms with van der Waals surface area (Å²) in [6.07, 6.45) is 1.48. The minimum Gasteiger partial charge on any atom is -0.444 e. The Morgan fingerprint density at radius 1 is 1.26 bits per heavy atom. The number of likely N-dealkylation sites (tertiary alicyclic amines) is 1. The van der Waals surface area contributed by atoms with E-state index in [9.17, 15) is 4.79 Å². The van der Waals surface area contributed by atoms with Crippen molar-refractivity contribution in [3.8, 4) is 0 Å². The van der Waals surface area contributed by atoms with Crippen LogP contribution in [0.25, 0.3) is 0 Å². The van der Waals surface area contributed by atoms with E-state index in [0.717, 1.165) is 30.1 Å². The van der Waals surface area contributed by atoms with Crippen molar-refractivity contribution in [2.75, 3.05) is 6.54 Å². The number of hydrogen-bond acceptors (Lipinski definition) is 4. The van der Waals surface area contributed by atoms with Crippen molar-refractivity contribution in [3.05, 3.63) is 46.5 Å². The zero-order valence-electron chi connectivity index (χ0n) is 16.6. The highest BCUT2D eigenvalue weighted by atomic mass is 35.5. The minimum atomic E-state index is -0.523. The Morgan fingerprint density at radius 3 is 2.56 bits per heavy atom. The number of benzene rings is 1. The monoisotopic (exact) mass is 390 g/mol. The lowest BCUT2D eigenvalue weighted by atomic mass is 10.1. The van der Waals surface area contributed by atoms with Crippen LogP contribution in [0, 0.1) is 6.92 Å². The molecule has 0 radical (unpaired) electrons. The van der Waals surface area contributed by atoms with Gasteiger partial charge in [0.15, 0.2) is 5.82 Å². The number of halogens is 1. The Balaban J connectivity index is 1.91. The Morgan fingerprint density at radius 2 is 1.93 bits per heavy atom. The third-order valence-electron chi connectivity index (χ3n) is 4.81. The first-order valence-corrected chi connectivity index (χ1v) is 9.71. The van der Waals surface area contributed by atoms with Gasteiger partial charge in [0, 0.05) is 11.6 Å². The van der Waals surface area contributed by atoms with Crippen molar-refractivity contribution >= 4 is 17.7 Å². The normalized spacial score (nSPS) is 18.6. The van der Waals surface area contributed by atoms with Crippen LogP contribution in [-0.2, 0) is 4.74 Å². The summed E-state index contributed by atoms with van der Waals surface area (Å²) in [6.45, 7) is 10.4. The molecule has 6 nitrogen and oxygen atoms in total. The molecule has 2 aromatic rings. The fraction of sp³-hybridized carbons (Fsp3) is 0.550. The van der Waals surface area contributed by atoms with E-state index in [0.29, 0.717) is 11.6 Å². The molecule has 0 spiro atoms. The average molecular weight is 391 g/mol. The summed E-state index contributed by atoms with van der Waals surface area (Å²) in [6, 6.07) is 7.70. The molecule has 7 heteroatoms. The van der Waals surface area contributed by atoms with Gasteiger partial charge in [-0.1, -0.05) is 23.7 Å². The second-order valence-electron chi connectivity index (χ2n) is 8.03. The number of amides is 1. The lowest BCUT2D eigenvalue weighted by Crippen LogP contribution is -2.37. The van der Waals surface area contributed by atoms with Crippen molar-refractivity contribution in [1.82, 2.24) is 19.7 Å². The van der Waals surface area contributed by atoms with Crippen LogP contribution in [0.4, 0.5) is 4.79 Å². The molecule has 0 saturated carbocycles. The van der Waals surface area contributed by atoms with Gasteiger partial charge < -0.3 is 9.30 Å². The number of carbonyl (C=O) groups is 1. The van der Waals surface area contributed by atoms with E-state index < -0.39 is 5.60 Å². The van der Waals surface area contributed by atoms with Gasteiger partial charge in [-0.05, 0) is 65.2 Å². The van der Waals surface area contributed by atoms with Gasteiger partial charge in [0.2, 0.25) is 0 Å². The fourth-order valence-electron chi connectivity index (χ4n) is 3.56. The lowest BCUT2D eigenvalue weighted by molar-refractivity contribution is 0.0215. The summed E-state index contributed by atoms with van der Waals surface area (Å²) < 4.78 is 7.70. The van der Waals surface area contributed by atoms with Gasteiger partial charge in [-0.2, -0.15) is 0 Å². The van der Waals surface area contributed by atoms with Crippen molar-refractivity contribution in [1.29, 1.82) is 0 Å². The molecule has 27 heavy (non-hydrogen) atoms. The summed E-state index contributed by atoms with van der Waals surface area (Å²) >= 11 is 6.02. The average Bonchev–Trinajstić information content (AvgIpc) is 3.19. The van der Waals surface area contributed by atoms with Crippen LogP contribution in [0.1, 0.15) is 69.8 Å². The van der Waals surface area contributed by atoms with Crippen molar-refractivity contribution in [2.24, 2.45) is 0 Å². The minimum absolute atomic E-state index is 0.0355. The van der Waals surface area contributed by atoms with E-state index in [4.69, 9.17) is 16.3 Å². The number of aromatic nitrogens is 3. The molecule has 0 N–H and O–H groups in total. The number of carbonyl (C=O) groups excluding carboxylic acids is 1. The van der Waals surface area contributed by atoms with Crippen LogP contribution in [-0.4, -0.2) is 37.9 Å². The molecule has 2 atom stereocenters. The van der Waals surface area contributed by atoms with E-state index >= 15 is 0 Å². The summed E-state index contributed by atoms with van der Waals surface area (Å²) in [4.78, 5) is 14.4. The zero-order chi connectivity index (χ0) is 19.8. The highest BCUT2D eigenvalue weighted by Gasteiger charge is 2.37. The van der Waals surface area contributed by atoms with Crippen LogP contribution < -0.4 is 0 Å². The standard InChI is InChI=1S/C20H27ClN4O2/c1-13(15-8-10-16(21)11-9-15)25-14(2)22-23-18(25)17-7-6-12-24(17)19(26)27-20(3,4)5/h8-11,13,17H,6-7,12H2,1-5H3. The Hall–Kier alpha value is -2.08. The highest BCUT2D eigenvalue weighted by molar-refractivity contribution is 6.30. The smallest absolute Gasteiger partial charge is 0.410 e. The van der Waals surface area contributed by atoms with Crippen LogP contribution in [0.15, 0.2) is 24.3 Å². The maximum atomic E-state index is 12.7. The van der Waals surface area contributed by atoms with E-state index in [1.165, 1.54) is 0 Å². The quantitative estimate of drug-likeness (QED) is 0.746. The van der Waals surface area contributed by atoms with E-state index in [1.807, 2.05) is 52.0 Å². The molecular weight excluding hydrogens is 364 g/mol. The molecule has 1 fully saturated rings. The van der Waals surface area contributed by atoms with Gasteiger partial charge in [-0.15, -0.1) is 10.2 Å². The van der Waals surface area contributed by atoms with Gasteiger partial charge in [-0.25, -0.2) is 4.79 Å². The molecule has 1 aliphatic rings. The number of aryl methyl sites for hydroxylation is 1. The van der Waals surface area contributed by atoms with Gasteiger partial charge in [0.05, 0.1) is 12.1 Å². The van der Waals surface area contributed by atoms with E-state index in [-0.39, 0.29) is 18.2 Å². The predicted octanol–water partition coefficient (Wildman–Crippen LogP) is 4.92. The SMILES string of the molecule is Cc1nnc(C2CCCN2C(=O)OC(C)(C)C)n1C(C)c1ccc(Cl)cc1. The first kappa shape index (κ1) is 19.7. The first-order valence-electron chi connectivity index (χ1n) is 9.34. The summed E-state index contributed by atoms with van der Waals surface area (Å²) in [5.74, 6) is 1.63. The molecule has 2 unspecified atom stereocenters. The van der Waals surface area contributed by atoms with E-state index in [2.05, 4.69) is 21.7 Å². The number of ether oxygens (including phenoxy) is 1. The van der Waals surface area contributed by atoms with Gasteiger partial charge in [0.25, 0.3) is 0 Å². The van der Waals surface area contributed by atoms with Crippen LogP contribution >= 0.6 is 11.6 Å². The Bertz CT molecular complexity index is 810. The second-order valence-corrected chi connectivity index (χ2v) is 8.47. The Labute approximate surface area is 165 Å². The third kappa shape index (κ3) is 4.26. The third-order valence-corrected chi connectivity index (χ3v) is 5.06. The molecule has 0 aliphatic carbocycles. The molecule has 1 amide bonds. The van der Waals surface area contributed by atoms with Gasteiger partial charge in [0.1, 0.15) is 11.4 Å². The van der Waals surface area contributed by atoms with Crippen LogP contribution in [0.5, 0.6) is 0 Å². The van der Waals surface area contributed by atoms with E-state index in [1.54, 1.807) is 4.90 Å². The maximum Gasteiger partial charge on any atom is 0.410 e. The largest absolute Gasteiger partial charge is 0.444 e. The zero-order valence-corrected chi connectivity index (χ0v) is 17.3. The van der Waals surface area contributed by atoms with Crippen LogP contribution in [0.2, 0.25) is 5.02 Å². The molecule has 1 saturated heterocycles. The molecule has 146 valence electrons. The van der Waals surface area contributed by atoms with Crippen LogP contribution in [0.3, 0.4) is 0 Å². The number of hydrogen-bond donors (Lipinski definition) is 0. The molecule has 2 heterocycles. The molecule has 1 aliphatic heterocycles. The van der Waals surface area contributed by atoms with Crippen molar-refractivity contribution in [2.45, 2.75) is 65.1 Å². The second kappa shape index (κ2) is 7.50. The fourth-order valence-corrected chi connectivity index (χ4v) is 3.68. The lowest BCUT2D eigenvalue weighted by Gasteiger charge is -2.29. The highest BCUT2D eigenvalue weighted by Crippen LogP contribution is 2.35. The summed E-state index contributed by atoms with van der Waals surface area (Å²) in [5, 5.41) is 9.44. The topological polar surface area (TPSA) is 60.3 Å². The van der Waals surface area contributed by atoms with Crippen molar-refractivity contribution in [3.63, 3.8) is 0 Å². The summed E-state index contributed by atoms with van der Waals surface area (Å²) in [7, 11) is 0.